The second kappa shape index (κ2) is 5.27. The molecular weight excluding hydrogens is 274 g/mol. The number of rotatable bonds is 3. The average molecular weight is 291 g/mol. The summed E-state index contributed by atoms with van der Waals surface area (Å²) >= 11 is 1.81. The van der Waals surface area contributed by atoms with E-state index in [9.17, 15) is 0 Å². The van der Waals surface area contributed by atoms with Crippen molar-refractivity contribution in [2.24, 2.45) is 0 Å². The van der Waals surface area contributed by atoms with Crippen molar-refractivity contribution in [1.29, 1.82) is 0 Å². The molecule has 2 aromatic rings. The summed E-state index contributed by atoms with van der Waals surface area (Å²) in [5, 5.41) is 9.71. The van der Waals surface area contributed by atoms with Crippen LogP contribution in [0.4, 0.5) is 0 Å². The van der Waals surface area contributed by atoms with Crippen molar-refractivity contribution >= 4 is 11.3 Å². The fourth-order valence-electron chi connectivity index (χ4n) is 2.95. The summed E-state index contributed by atoms with van der Waals surface area (Å²) in [7, 11) is 0. The minimum absolute atomic E-state index is 0.0516. The molecule has 2 atom stereocenters. The molecule has 1 saturated heterocycles. The van der Waals surface area contributed by atoms with E-state index >= 15 is 0 Å². The number of nitrogens with zero attached hydrogens (tertiary/aromatic N) is 2. The Balaban J connectivity index is 1.54. The molecule has 1 N–H and O–H groups in total. The topological polar surface area (TPSA) is 60.2 Å². The minimum Gasteiger partial charge on any atom is -0.378 e. The lowest BCUT2D eigenvalue weighted by Gasteiger charge is -2.20. The van der Waals surface area contributed by atoms with E-state index in [0.717, 1.165) is 44.7 Å². The van der Waals surface area contributed by atoms with E-state index in [0.29, 0.717) is 5.89 Å². The normalized spacial score (nSPS) is 25.8. The van der Waals surface area contributed by atoms with Crippen LogP contribution in [-0.4, -0.2) is 29.4 Å². The Morgan fingerprint density at radius 3 is 3.35 bits per heavy atom. The first-order chi connectivity index (χ1) is 9.90. The molecule has 0 aromatic carbocycles. The van der Waals surface area contributed by atoms with Gasteiger partial charge >= 0.3 is 0 Å². The van der Waals surface area contributed by atoms with Gasteiger partial charge in [0, 0.05) is 24.4 Å². The lowest BCUT2D eigenvalue weighted by Crippen LogP contribution is -2.29. The quantitative estimate of drug-likeness (QED) is 0.938. The maximum Gasteiger partial charge on any atom is 0.248 e. The Kier molecular flexibility index (Phi) is 3.29. The van der Waals surface area contributed by atoms with Crippen molar-refractivity contribution in [2.45, 2.75) is 37.8 Å². The van der Waals surface area contributed by atoms with E-state index in [2.05, 4.69) is 26.9 Å². The van der Waals surface area contributed by atoms with Crippen LogP contribution in [0, 0.1) is 0 Å². The van der Waals surface area contributed by atoms with Gasteiger partial charge in [0.2, 0.25) is 5.89 Å². The van der Waals surface area contributed by atoms with E-state index in [-0.39, 0.29) is 12.1 Å². The van der Waals surface area contributed by atoms with Crippen LogP contribution >= 0.6 is 11.3 Å². The molecule has 0 amide bonds. The zero-order chi connectivity index (χ0) is 13.4. The van der Waals surface area contributed by atoms with Crippen molar-refractivity contribution in [1.82, 2.24) is 15.5 Å². The largest absolute Gasteiger partial charge is 0.378 e. The second-order valence-electron chi connectivity index (χ2n) is 5.32. The first-order valence-corrected chi connectivity index (χ1v) is 8.02. The molecule has 106 valence electrons. The highest BCUT2D eigenvalue weighted by Gasteiger charge is 2.27. The molecular formula is C14H17N3O2S. The molecule has 2 aromatic heterocycles. The third-order valence-electron chi connectivity index (χ3n) is 3.96. The van der Waals surface area contributed by atoms with Crippen molar-refractivity contribution in [2.75, 3.05) is 13.2 Å². The average Bonchev–Trinajstić information content (AvgIpc) is 3.19. The van der Waals surface area contributed by atoms with Crippen molar-refractivity contribution in [3.05, 3.63) is 33.6 Å². The summed E-state index contributed by atoms with van der Waals surface area (Å²) in [5.74, 6) is 1.44. The van der Waals surface area contributed by atoms with E-state index in [1.54, 1.807) is 11.3 Å². The van der Waals surface area contributed by atoms with Crippen LogP contribution in [0.2, 0.25) is 0 Å². The molecule has 0 saturated carbocycles. The van der Waals surface area contributed by atoms with Crippen molar-refractivity contribution in [3.8, 4) is 0 Å². The van der Waals surface area contributed by atoms with E-state index in [4.69, 9.17) is 9.26 Å². The molecule has 1 fully saturated rings. The standard InChI is InChI=1S/C14H17N3O2S/c1-2-9(18-6-1)8-12-16-14(19-17-12)13-10-4-7-20-11(10)3-5-15-13/h4,7,9,13,15H,1-3,5-6,8H2. The number of aromatic nitrogens is 2. The fraction of sp³-hybridized carbons (Fsp3) is 0.571. The number of hydrogen-bond acceptors (Lipinski definition) is 6. The van der Waals surface area contributed by atoms with Crippen LogP contribution in [0.5, 0.6) is 0 Å². The Morgan fingerprint density at radius 2 is 2.45 bits per heavy atom. The lowest BCUT2D eigenvalue weighted by molar-refractivity contribution is 0.109. The van der Waals surface area contributed by atoms with Gasteiger partial charge in [0.25, 0.3) is 0 Å². The number of ether oxygens (including phenoxy) is 1. The SMILES string of the molecule is c1cc2c(s1)CCNC2c1nc(CC2CCCO2)no1. The molecule has 0 radical (unpaired) electrons. The summed E-state index contributed by atoms with van der Waals surface area (Å²) in [4.78, 5) is 5.98. The van der Waals surface area contributed by atoms with Crippen LogP contribution in [0.1, 0.15) is 41.0 Å². The highest BCUT2D eigenvalue weighted by atomic mass is 32.1. The Labute approximate surface area is 121 Å². The highest BCUT2D eigenvalue weighted by Crippen LogP contribution is 2.31. The lowest BCUT2D eigenvalue weighted by atomic mass is 10.0. The van der Waals surface area contributed by atoms with Gasteiger partial charge in [-0.1, -0.05) is 5.16 Å². The van der Waals surface area contributed by atoms with Gasteiger partial charge in [0.15, 0.2) is 5.82 Å². The van der Waals surface area contributed by atoms with Crippen LogP contribution in [0.25, 0.3) is 0 Å². The Hall–Kier alpha value is -1.24. The maximum absolute atomic E-state index is 5.62. The summed E-state index contributed by atoms with van der Waals surface area (Å²) < 4.78 is 11.1. The summed E-state index contributed by atoms with van der Waals surface area (Å²) in [6.45, 7) is 1.82. The highest BCUT2D eigenvalue weighted by molar-refractivity contribution is 7.10. The minimum atomic E-state index is 0.0516. The van der Waals surface area contributed by atoms with E-state index in [1.165, 1.54) is 10.4 Å². The molecule has 6 heteroatoms. The van der Waals surface area contributed by atoms with Gasteiger partial charge in [-0.05, 0) is 36.3 Å². The zero-order valence-electron chi connectivity index (χ0n) is 11.2. The zero-order valence-corrected chi connectivity index (χ0v) is 12.0. The number of thiophene rings is 1. The van der Waals surface area contributed by atoms with E-state index < -0.39 is 0 Å². The van der Waals surface area contributed by atoms with Crippen molar-refractivity contribution in [3.63, 3.8) is 0 Å². The van der Waals surface area contributed by atoms with Crippen LogP contribution in [0.3, 0.4) is 0 Å². The molecule has 2 aliphatic heterocycles. The molecule has 0 spiro atoms. The smallest absolute Gasteiger partial charge is 0.248 e. The van der Waals surface area contributed by atoms with Gasteiger partial charge in [-0.25, -0.2) is 0 Å². The molecule has 0 aliphatic carbocycles. The summed E-state index contributed by atoms with van der Waals surface area (Å²) in [6.07, 6.45) is 4.34. The Bertz CT molecular complexity index is 589. The molecule has 4 heterocycles. The summed E-state index contributed by atoms with van der Waals surface area (Å²) in [5.41, 5.74) is 1.29. The third kappa shape index (κ3) is 2.28. The van der Waals surface area contributed by atoms with Gasteiger partial charge < -0.3 is 14.6 Å². The maximum atomic E-state index is 5.62. The molecule has 2 unspecified atom stereocenters. The monoisotopic (exact) mass is 291 g/mol. The fourth-order valence-corrected chi connectivity index (χ4v) is 3.87. The van der Waals surface area contributed by atoms with Gasteiger partial charge in [0.05, 0.1) is 6.10 Å². The van der Waals surface area contributed by atoms with Gasteiger partial charge in [-0.2, -0.15) is 4.98 Å². The molecule has 2 aliphatic rings. The van der Waals surface area contributed by atoms with Gasteiger partial charge in [-0.3, -0.25) is 0 Å². The first-order valence-electron chi connectivity index (χ1n) is 7.14. The predicted octanol–water partition coefficient (Wildman–Crippen LogP) is 2.09. The number of hydrogen-bond donors (Lipinski definition) is 1. The van der Waals surface area contributed by atoms with Gasteiger partial charge in [0.1, 0.15) is 6.04 Å². The molecule has 5 nitrogen and oxygen atoms in total. The van der Waals surface area contributed by atoms with Crippen LogP contribution < -0.4 is 5.32 Å². The predicted molar refractivity (Wildman–Crippen MR) is 74.8 cm³/mol. The van der Waals surface area contributed by atoms with Crippen LogP contribution in [-0.2, 0) is 17.6 Å². The second-order valence-corrected chi connectivity index (χ2v) is 6.32. The molecule has 0 bridgehead atoms. The molecule has 4 rings (SSSR count). The van der Waals surface area contributed by atoms with E-state index in [1.807, 2.05) is 0 Å². The number of fused-ring (bicyclic) bond motifs is 1. The number of nitrogens with one attached hydrogen (secondary N) is 1. The van der Waals surface area contributed by atoms with Crippen LogP contribution in [0.15, 0.2) is 16.0 Å². The molecule has 20 heavy (non-hydrogen) atoms. The summed E-state index contributed by atoms with van der Waals surface area (Å²) in [6, 6.07) is 2.21. The van der Waals surface area contributed by atoms with Crippen molar-refractivity contribution < 1.29 is 9.26 Å². The third-order valence-corrected chi connectivity index (χ3v) is 4.95. The Morgan fingerprint density at radius 1 is 1.45 bits per heavy atom. The first kappa shape index (κ1) is 12.5. The van der Waals surface area contributed by atoms with Gasteiger partial charge in [-0.15, -0.1) is 11.3 Å².